The number of rotatable bonds is 14. The van der Waals surface area contributed by atoms with E-state index in [0.717, 1.165) is 17.6 Å². The van der Waals surface area contributed by atoms with E-state index in [-0.39, 0.29) is 26.7 Å². The van der Waals surface area contributed by atoms with E-state index in [1.807, 2.05) is 17.8 Å². The fraction of sp³-hybridized carbons (Fsp3) is 0.714. The second-order valence-corrected chi connectivity index (χ2v) is 10.7. The molecule has 0 aromatic heterocycles. The Hall–Kier alpha value is 0.220. The van der Waals surface area contributed by atoms with Crippen LogP contribution in [0.1, 0.15) is 52.9 Å². The molecular formula is C21H37INOS-. The van der Waals surface area contributed by atoms with Gasteiger partial charge in [-0.15, -0.1) is 0 Å². The molecule has 0 aliphatic heterocycles. The Morgan fingerprint density at radius 1 is 1.52 bits per heavy atom. The molecule has 0 aromatic carbocycles. The first-order chi connectivity index (χ1) is 12.0. The molecular weight excluding hydrogens is 441 g/mol. The topological polar surface area (TPSA) is 35.2 Å². The van der Waals surface area contributed by atoms with Crippen molar-refractivity contribution in [1.29, 1.82) is 0 Å². The van der Waals surface area contributed by atoms with Crippen molar-refractivity contribution in [2.24, 2.45) is 17.6 Å². The number of nitrogens with two attached hydrogens (primary N) is 1. The van der Waals surface area contributed by atoms with Crippen LogP contribution in [0.15, 0.2) is 35.8 Å². The number of halogens is 1. The van der Waals surface area contributed by atoms with Crippen LogP contribution in [0.3, 0.4) is 0 Å². The first-order valence-electron chi connectivity index (χ1n) is 9.48. The fourth-order valence-corrected chi connectivity index (χ4v) is 6.63. The Bertz CT molecular complexity index is 434. The molecule has 2 nitrogen and oxygen atoms in total. The summed E-state index contributed by atoms with van der Waals surface area (Å²) in [4.78, 5) is 0. The predicted octanol–water partition coefficient (Wildman–Crippen LogP) is 2.36. The zero-order valence-corrected chi connectivity index (χ0v) is 19.3. The van der Waals surface area contributed by atoms with Crippen LogP contribution < -0.4 is 26.9 Å². The Labute approximate surface area is 170 Å². The molecule has 0 fully saturated rings. The Morgan fingerprint density at radius 2 is 2.32 bits per heavy atom. The molecule has 146 valence electrons. The van der Waals surface area contributed by atoms with Crippen molar-refractivity contribution in [1.82, 2.24) is 0 Å². The van der Waals surface area contributed by atoms with E-state index in [4.69, 9.17) is 10.5 Å². The van der Waals surface area contributed by atoms with Crippen molar-refractivity contribution in [2.75, 3.05) is 21.4 Å². The predicted molar refractivity (Wildman–Crippen MR) is 110 cm³/mol. The number of hydrogen-bond acceptors (Lipinski definition) is 3. The summed E-state index contributed by atoms with van der Waals surface area (Å²) in [5.74, 6) is 2.19. The number of thioether (sulfide) groups is 1. The molecule has 0 amide bonds. The third kappa shape index (κ3) is 9.64. The third-order valence-corrected chi connectivity index (χ3v) is 8.32. The molecule has 0 aromatic rings. The summed E-state index contributed by atoms with van der Waals surface area (Å²) >= 11 is 2.03. The van der Waals surface area contributed by atoms with Crippen LogP contribution in [-0.4, -0.2) is 26.9 Å². The van der Waals surface area contributed by atoms with Gasteiger partial charge >= 0.3 is 171 Å². The van der Waals surface area contributed by atoms with Gasteiger partial charge in [0.25, 0.3) is 0 Å². The molecule has 2 N–H and O–H groups in total. The van der Waals surface area contributed by atoms with E-state index in [0.29, 0.717) is 11.8 Å². The molecule has 1 aliphatic rings. The van der Waals surface area contributed by atoms with Crippen LogP contribution in [0.4, 0.5) is 0 Å². The van der Waals surface area contributed by atoms with E-state index in [9.17, 15) is 0 Å². The Balaban J connectivity index is 2.50. The first kappa shape index (κ1) is 23.3. The molecule has 0 saturated heterocycles. The third-order valence-electron chi connectivity index (χ3n) is 5.01. The van der Waals surface area contributed by atoms with Gasteiger partial charge in [-0.2, -0.15) is 0 Å². The standard InChI is InChI=1S/C21H37INOS/c1-5-13-21(4,23)18(3)20(16-22-17-24-6-2)12-15-25-14-11-19-9-7-8-10-19/h5,9,12,15,18,20H,1,6-8,10-11,13-14,16-17,23H2,2-4H3/q-1/b15-12+/t18-,20-,21+/m0/s1. The fourth-order valence-electron chi connectivity index (χ4n) is 3.02. The van der Waals surface area contributed by atoms with Gasteiger partial charge in [0.1, 0.15) is 0 Å². The SMILES string of the molecule is C=CC[C@@](C)(N)[C@@H](C)[C@@H](/C=C/SCCC1=CCCC1)C[I-]COCC. The maximum absolute atomic E-state index is 6.58. The van der Waals surface area contributed by atoms with Crippen LogP contribution in [-0.2, 0) is 4.74 Å². The molecule has 25 heavy (non-hydrogen) atoms. The van der Waals surface area contributed by atoms with Gasteiger partial charge in [0.2, 0.25) is 0 Å². The molecule has 0 heterocycles. The van der Waals surface area contributed by atoms with Crippen LogP contribution >= 0.6 is 11.8 Å². The zero-order chi connectivity index (χ0) is 18.5. The summed E-state index contributed by atoms with van der Waals surface area (Å²) in [5, 5.41) is 2.32. The van der Waals surface area contributed by atoms with Crippen molar-refractivity contribution >= 4 is 11.8 Å². The van der Waals surface area contributed by atoms with Crippen LogP contribution in [0.25, 0.3) is 0 Å². The number of allylic oxidation sites excluding steroid dienone is 3. The van der Waals surface area contributed by atoms with E-state index in [1.165, 1.54) is 35.9 Å². The molecule has 4 heteroatoms. The molecule has 1 aliphatic carbocycles. The van der Waals surface area contributed by atoms with Crippen molar-refractivity contribution in [3.05, 3.63) is 35.8 Å². The second kappa shape index (κ2) is 13.4. The first-order valence-corrected chi connectivity index (χ1v) is 13.6. The molecule has 0 spiro atoms. The van der Waals surface area contributed by atoms with E-state index >= 15 is 0 Å². The Kier molecular flexibility index (Phi) is 12.5. The minimum absolute atomic E-state index is 0.0794. The molecule has 0 unspecified atom stereocenters. The van der Waals surface area contributed by atoms with E-state index in [1.54, 1.807) is 5.57 Å². The summed E-state index contributed by atoms with van der Waals surface area (Å²) in [6.45, 7) is 11.2. The van der Waals surface area contributed by atoms with Gasteiger partial charge in [-0.3, -0.25) is 0 Å². The average molecular weight is 479 g/mol. The molecule has 0 saturated carbocycles. The average Bonchev–Trinajstić information content (AvgIpc) is 3.09. The maximum atomic E-state index is 6.58. The van der Waals surface area contributed by atoms with Crippen molar-refractivity contribution in [3.8, 4) is 0 Å². The molecule has 1 rings (SSSR count). The summed E-state index contributed by atoms with van der Waals surface area (Å²) < 4.78 is 7.76. The van der Waals surface area contributed by atoms with Gasteiger partial charge < -0.3 is 0 Å². The van der Waals surface area contributed by atoms with Gasteiger partial charge in [0.05, 0.1) is 0 Å². The zero-order valence-electron chi connectivity index (χ0n) is 16.3. The molecule has 3 atom stereocenters. The molecule has 0 radical (unpaired) electrons. The molecule has 0 bridgehead atoms. The monoisotopic (exact) mass is 478 g/mol. The number of hydrogen-bond donors (Lipinski definition) is 1. The van der Waals surface area contributed by atoms with Crippen LogP contribution in [0.5, 0.6) is 0 Å². The summed E-state index contributed by atoms with van der Waals surface area (Å²) in [7, 11) is 0. The summed E-state index contributed by atoms with van der Waals surface area (Å²) in [6.07, 6.45) is 12.9. The summed E-state index contributed by atoms with van der Waals surface area (Å²) in [5.41, 5.74) is 8.05. The van der Waals surface area contributed by atoms with Gasteiger partial charge in [-0.05, 0) is 0 Å². The minimum atomic E-state index is -0.189. The van der Waals surface area contributed by atoms with Crippen LogP contribution in [0.2, 0.25) is 0 Å². The van der Waals surface area contributed by atoms with Gasteiger partial charge in [0, 0.05) is 0 Å². The van der Waals surface area contributed by atoms with E-state index < -0.39 is 0 Å². The summed E-state index contributed by atoms with van der Waals surface area (Å²) in [6, 6.07) is 0. The van der Waals surface area contributed by atoms with Gasteiger partial charge in [-0.1, -0.05) is 0 Å². The number of alkyl halides is 2. The number of ether oxygens (including phenoxy) is 1. The van der Waals surface area contributed by atoms with Gasteiger partial charge in [-0.25, -0.2) is 0 Å². The normalized spacial score (nSPS) is 19.8. The quantitative estimate of drug-likeness (QED) is 0.180. The Morgan fingerprint density at radius 3 is 2.96 bits per heavy atom. The second-order valence-electron chi connectivity index (χ2n) is 7.10. The van der Waals surface area contributed by atoms with Crippen molar-refractivity contribution < 1.29 is 25.9 Å². The van der Waals surface area contributed by atoms with Crippen molar-refractivity contribution in [2.45, 2.75) is 58.4 Å². The van der Waals surface area contributed by atoms with E-state index in [2.05, 4.69) is 44.9 Å². The van der Waals surface area contributed by atoms with Gasteiger partial charge in [0.15, 0.2) is 0 Å². The van der Waals surface area contributed by atoms with Crippen molar-refractivity contribution in [3.63, 3.8) is 0 Å². The van der Waals surface area contributed by atoms with Crippen LogP contribution in [0, 0.1) is 11.8 Å².